The van der Waals surface area contributed by atoms with Crippen molar-refractivity contribution in [2.24, 2.45) is 5.73 Å². The minimum absolute atomic E-state index is 0.188. The van der Waals surface area contributed by atoms with Crippen molar-refractivity contribution < 1.29 is 13.6 Å². The quantitative estimate of drug-likeness (QED) is 0.818. The zero-order valence-corrected chi connectivity index (χ0v) is 15.5. The van der Waals surface area contributed by atoms with Crippen LogP contribution in [0.25, 0.3) is 0 Å². The molecule has 1 amide bonds. The topological polar surface area (TPSA) is 58.4 Å². The number of hydrogen-bond donors (Lipinski definition) is 2. The lowest BCUT2D eigenvalue weighted by Gasteiger charge is -2.40. The number of nitrogens with two attached hydrogens (primary N) is 1. The molecule has 1 aliphatic heterocycles. The number of carbonyl (C=O) groups is 1. The predicted octanol–water partition coefficient (Wildman–Crippen LogP) is 3.03. The molecule has 0 bridgehead atoms. The molecule has 2 aromatic rings. The van der Waals surface area contributed by atoms with Crippen molar-refractivity contribution in [1.29, 1.82) is 0 Å². The number of alkyl halides is 1. The third-order valence-corrected chi connectivity index (χ3v) is 5.12. The maximum Gasteiger partial charge on any atom is 0.242 e. The summed E-state index contributed by atoms with van der Waals surface area (Å²) >= 11 is 0. The van der Waals surface area contributed by atoms with Gasteiger partial charge in [0.05, 0.1) is 6.04 Å². The molecule has 27 heavy (non-hydrogen) atoms. The molecule has 2 aromatic carbocycles. The molecule has 4 nitrogen and oxygen atoms in total. The van der Waals surface area contributed by atoms with E-state index in [0.29, 0.717) is 5.56 Å². The maximum atomic E-state index is 13.4. The molecular weight excluding hydrogens is 348 g/mol. The zero-order chi connectivity index (χ0) is 19.6. The number of hydrogen-bond acceptors (Lipinski definition) is 3. The van der Waals surface area contributed by atoms with Gasteiger partial charge in [0.2, 0.25) is 5.91 Å². The molecule has 1 fully saturated rings. The summed E-state index contributed by atoms with van der Waals surface area (Å²) < 4.78 is 26.6. The van der Waals surface area contributed by atoms with E-state index in [-0.39, 0.29) is 36.9 Å². The van der Waals surface area contributed by atoms with Gasteiger partial charge in [-0.15, -0.1) is 0 Å². The van der Waals surface area contributed by atoms with E-state index in [9.17, 15) is 13.6 Å². The minimum Gasteiger partial charge on any atom is -0.350 e. The minimum atomic E-state index is -0.938. The van der Waals surface area contributed by atoms with Crippen LogP contribution in [0.15, 0.2) is 48.5 Å². The van der Waals surface area contributed by atoms with E-state index in [1.807, 2.05) is 38.1 Å². The highest BCUT2D eigenvalue weighted by molar-refractivity contribution is 5.83. The van der Waals surface area contributed by atoms with Crippen LogP contribution in [0.1, 0.15) is 35.7 Å². The molecule has 1 heterocycles. The summed E-state index contributed by atoms with van der Waals surface area (Å²) in [5.41, 5.74) is 9.02. The number of nitrogens with zero attached hydrogens (tertiary/aromatic N) is 1. The molecule has 1 aliphatic rings. The molecule has 0 aliphatic carbocycles. The number of likely N-dealkylation sites (tertiary alicyclic amines) is 1. The Morgan fingerprint density at radius 2 is 1.81 bits per heavy atom. The average molecular weight is 373 g/mol. The van der Waals surface area contributed by atoms with Gasteiger partial charge in [-0.05, 0) is 42.7 Å². The zero-order valence-electron chi connectivity index (χ0n) is 15.5. The molecule has 0 aromatic heterocycles. The van der Waals surface area contributed by atoms with Crippen LogP contribution in [0.5, 0.6) is 0 Å². The van der Waals surface area contributed by atoms with Gasteiger partial charge in [0.1, 0.15) is 18.0 Å². The van der Waals surface area contributed by atoms with Crippen LogP contribution >= 0.6 is 0 Å². The van der Waals surface area contributed by atoms with Gasteiger partial charge < -0.3 is 11.1 Å². The largest absolute Gasteiger partial charge is 0.350 e. The second kappa shape index (κ2) is 8.15. The summed E-state index contributed by atoms with van der Waals surface area (Å²) in [6, 6.07) is 12.2. The molecule has 1 saturated heterocycles. The van der Waals surface area contributed by atoms with Crippen LogP contribution in [0.4, 0.5) is 8.78 Å². The summed E-state index contributed by atoms with van der Waals surface area (Å²) in [4.78, 5) is 14.7. The van der Waals surface area contributed by atoms with Gasteiger partial charge in [-0.1, -0.05) is 36.4 Å². The fourth-order valence-corrected chi connectivity index (χ4v) is 3.46. The van der Waals surface area contributed by atoms with Crippen molar-refractivity contribution in [3.63, 3.8) is 0 Å². The van der Waals surface area contributed by atoms with Crippen molar-refractivity contribution in [3.05, 3.63) is 71.0 Å². The second-order valence-corrected chi connectivity index (χ2v) is 7.18. The van der Waals surface area contributed by atoms with Gasteiger partial charge >= 0.3 is 0 Å². The lowest BCUT2D eigenvalue weighted by molar-refractivity contribution is -0.130. The third kappa shape index (κ3) is 4.34. The van der Waals surface area contributed by atoms with Crippen LogP contribution in [0, 0.1) is 12.7 Å². The highest BCUT2D eigenvalue weighted by Crippen LogP contribution is 2.28. The first-order valence-corrected chi connectivity index (χ1v) is 9.12. The average Bonchev–Trinajstić information content (AvgIpc) is 2.61. The number of benzene rings is 2. The third-order valence-electron chi connectivity index (χ3n) is 5.12. The maximum absolute atomic E-state index is 13.4. The summed E-state index contributed by atoms with van der Waals surface area (Å²) in [6.45, 7) is 4.21. The molecule has 3 rings (SSSR count). The first kappa shape index (κ1) is 19.5. The SMILES string of the molecule is Cc1ccccc1C(N)[C@H](C)NC(=O)C(c1ccc(F)cc1)N1CC(F)C1. The highest BCUT2D eigenvalue weighted by atomic mass is 19.1. The number of halogens is 2. The van der Waals surface area contributed by atoms with E-state index in [4.69, 9.17) is 5.73 Å². The standard InChI is InChI=1S/C21H25F2N3O/c1-13-5-3-4-6-18(13)19(24)14(2)25-21(27)20(26-11-17(23)12-26)15-7-9-16(22)10-8-15/h3-10,14,17,19-20H,11-12,24H2,1-2H3,(H,25,27)/t14-,19?,20?/m0/s1. The number of aryl methyl sites for hydroxylation is 1. The van der Waals surface area contributed by atoms with Gasteiger partial charge in [0, 0.05) is 19.1 Å². The fraction of sp³-hybridized carbons (Fsp3) is 0.381. The van der Waals surface area contributed by atoms with Gasteiger partial charge in [-0.2, -0.15) is 0 Å². The van der Waals surface area contributed by atoms with Gasteiger partial charge in [0.25, 0.3) is 0 Å². The van der Waals surface area contributed by atoms with Crippen molar-refractivity contribution in [1.82, 2.24) is 10.2 Å². The van der Waals surface area contributed by atoms with Crippen molar-refractivity contribution >= 4 is 5.91 Å². The van der Waals surface area contributed by atoms with Crippen LogP contribution < -0.4 is 11.1 Å². The Kier molecular flexibility index (Phi) is 5.87. The van der Waals surface area contributed by atoms with E-state index < -0.39 is 12.2 Å². The van der Waals surface area contributed by atoms with Crippen LogP contribution in [-0.4, -0.2) is 36.1 Å². The lowest BCUT2D eigenvalue weighted by Crippen LogP contribution is -2.55. The van der Waals surface area contributed by atoms with Crippen molar-refractivity contribution in [2.75, 3.05) is 13.1 Å². The van der Waals surface area contributed by atoms with Crippen molar-refractivity contribution in [2.45, 2.75) is 38.1 Å². The molecule has 0 radical (unpaired) electrons. The van der Waals surface area contributed by atoms with E-state index in [2.05, 4.69) is 5.32 Å². The number of nitrogens with one attached hydrogen (secondary N) is 1. The highest BCUT2D eigenvalue weighted by Gasteiger charge is 2.37. The van der Waals surface area contributed by atoms with Crippen molar-refractivity contribution in [3.8, 4) is 0 Å². The molecule has 144 valence electrons. The normalized spacial score (nSPS) is 18.4. The van der Waals surface area contributed by atoms with Gasteiger partial charge in [-0.3, -0.25) is 9.69 Å². The number of carbonyl (C=O) groups excluding carboxylic acids is 1. The molecule has 3 atom stereocenters. The predicted molar refractivity (Wildman–Crippen MR) is 101 cm³/mol. The molecule has 0 saturated carbocycles. The van der Waals surface area contributed by atoms with Gasteiger partial charge in [0.15, 0.2) is 0 Å². The Balaban J connectivity index is 1.76. The van der Waals surface area contributed by atoms with E-state index in [0.717, 1.165) is 11.1 Å². The van der Waals surface area contributed by atoms with Crippen LogP contribution in [0.3, 0.4) is 0 Å². The summed E-state index contributed by atoms with van der Waals surface area (Å²) in [7, 11) is 0. The van der Waals surface area contributed by atoms with Crippen LogP contribution in [-0.2, 0) is 4.79 Å². The molecular formula is C21H25F2N3O. The second-order valence-electron chi connectivity index (χ2n) is 7.18. The molecule has 6 heteroatoms. The number of amides is 1. The first-order valence-electron chi connectivity index (χ1n) is 9.12. The lowest BCUT2D eigenvalue weighted by atomic mass is 9.95. The smallest absolute Gasteiger partial charge is 0.242 e. The van der Waals surface area contributed by atoms with E-state index >= 15 is 0 Å². The monoisotopic (exact) mass is 373 g/mol. The van der Waals surface area contributed by atoms with E-state index in [1.165, 1.54) is 12.1 Å². The Labute approximate surface area is 158 Å². The molecule has 2 unspecified atom stereocenters. The summed E-state index contributed by atoms with van der Waals surface area (Å²) in [5.74, 6) is -0.634. The Hall–Kier alpha value is -2.31. The first-order chi connectivity index (χ1) is 12.9. The van der Waals surface area contributed by atoms with Gasteiger partial charge in [-0.25, -0.2) is 8.78 Å². The Morgan fingerprint density at radius 1 is 1.19 bits per heavy atom. The summed E-state index contributed by atoms with van der Waals surface area (Å²) in [6.07, 6.45) is -0.938. The Morgan fingerprint density at radius 3 is 2.41 bits per heavy atom. The fourth-order valence-electron chi connectivity index (χ4n) is 3.46. The van der Waals surface area contributed by atoms with Crippen LogP contribution in [0.2, 0.25) is 0 Å². The molecule has 3 N–H and O–H groups in total. The van der Waals surface area contributed by atoms with E-state index in [1.54, 1.807) is 17.0 Å². The number of rotatable bonds is 6. The molecule has 0 spiro atoms. The Bertz CT molecular complexity index is 790. The summed E-state index contributed by atoms with van der Waals surface area (Å²) in [5, 5.41) is 2.96.